The van der Waals surface area contributed by atoms with Crippen molar-refractivity contribution in [2.45, 2.75) is 38.8 Å². The highest BCUT2D eigenvalue weighted by molar-refractivity contribution is 6.30. The fourth-order valence-electron chi connectivity index (χ4n) is 4.86. The van der Waals surface area contributed by atoms with Crippen LogP contribution >= 0.6 is 11.6 Å². The Balaban J connectivity index is 1.78. The standard InChI is InChI=1S/C23H23ClFN3O5/c1-12-7-23(8-12)11-27(3)22(32)18-20(33-13(2)29)19(30)15(10-28(18)23)21(31)26-9-14-5-4-6-16(24)17(14)25/h4-6,10,12H,7-9,11H2,1-3H3,(H,26,31)/t12-,23+. The van der Waals surface area contributed by atoms with Gasteiger partial charge in [0, 0.05) is 38.8 Å². The smallest absolute Gasteiger partial charge is 0.308 e. The van der Waals surface area contributed by atoms with Crippen molar-refractivity contribution in [3.05, 3.63) is 62.3 Å². The van der Waals surface area contributed by atoms with Gasteiger partial charge in [0.05, 0.1) is 10.6 Å². The Labute approximate surface area is 194 Å². The first-order chi connectivity index (χ1) is 15.5. The van der Waals surface area contributed by atoms with Crippen molar-refractivity contribution >= 4 is 29.4 Å². The molecule has 10 heteroatoms. The molecule has 2 aliphatic rings. The molecular formula is C23H23ClFN3O5. The molecule has 1 aliphatic carbocycles. The third-order valence-electron chi connectivity index (χ3n) is 6.18. The first-order valence-electron chi connectivity index (χ1n) is 10.5. The lowest BCUT2D eigenvalue weighted by Crippen LogP contribution is -2.59. The van der Waals surface area contributed by atoms with Crippen molar-refractivity contribution < 1.29 is 23.5 Å². The van der Waals surface area contributed by atoms with Gasteiger partial charge in [0.15, 0.2) is 5.69 Å². The quantitative estimate of drug-likeness (QED) is 0.686. The molecule has 0 saturated heterocycles. The molecule has 0 radical (unpaired) electrons. The third kappa shape index (κ3) is 3.90. The van der Waals surface area contributed by atoms with E-state index in [0.717, 1.165) is 19.8 Å². The summed E-state index contributed by atoms with van der Waals surface area (Å²) in [5.41, 5.74) is -1.59. The number of aromatic nitrogens is 1. The molecule has 1 saturated carbocycles. The number of nitrogens with one attached hydrogen (secondary N) is 1. The summed E-state index contributed by atoms with van der Waals surface area (Å²) >= 11 is 5.79. The number of nitrogens with zero attached hydrogens (tertiary/aromatic N) is 2. The second-order valence-electron chi connectivity index (χ2n) is 8.81. The summed E-state index contributed by atoms with van der Waals surface area (Å²) in [6.07, 6.45) is 2.81. The van der Waals surface area contributed by atoms with Crippen LogP contribution in [0.1, 0.15) is 53.1 Å². The van der Waals surface area contributed by atoms with Gasteiger partial charge in [-0.05, 0) is 24.8 Å². The maximum Gasteiger partial charge on any atom is 0.308 e. The summed E-state index contributed by atoms with van der Waals surface area (Å²) < 4.78 is 21.0. The van der Waals surface area contributed by atoms with Crippen molar-refractivity contribution in [3.8, 4) is 5.75 Å². The zero-order chi connectivity index (χ0) is 24.1. The molecule has 8 nitrogen and oxygen atoms in total. The van der Waals surface area contributed by atoms with E-state index in [4.69, 9.17) is 16.3 Å². The lowest BCUT2D eigenvalue weighted by molar-refractivity contribution is -0.132. The van der Waals surface area contributed by atoms with E-state index in [1.165, 1.54) is 23.2 Å². The van der Waals surface area contributed by atoms with Gasteiger partial charge in [0.2, 0.25) is 11.2 Å². The highest BCUT2D eigenvalue weighted by Crippen LogP contribution is 2.47. The molecule has 2 heterocycles. The highest BCUT2D eigenvalue weighted by atomic mass is 35.5. The normalized spacial score (nSPS) is 21.4. The number of hydrogen-bond acceptors (Lipinski definition) is 5. The maximum absolute atomic E-state index is 14.2. The molecule has 1 fully saturated rings. The number of amides is 2. The van der Waals surface area contributed by atoms with Crippen LogP contribution in [0.15, 0.2) is 29.2 Å². The molecule has 1 aromatic heterocycles. The Morgan fingerprint density at radius 3 is 2.64 bits per heavy atom. The van der Waals surface area contributed by atoms with E-state index >= 15 is 0 Å². The number of fused-ring (bicyclic) bond motifs is 2. The first-order valence-corrected chi connectivity index (χ1v) is 10.9. The van der Waals surface area contributed by atoms with E-state index in [-0.39, 0.29) is 28.4 Å². The van der Waals surface area contributed by atoms with Gasteiger partial charge in [-0.25, -0.2) is 4.39 Å². The van der Waals surface area contributed by atoms with Gasteiger partial charge in [0.25, 0.3) is 11.8 Å². The Kier molecular flexibility index (Phi) is 5.78. The number of hydrogen-bond donors (Lipinski definition) is 1. The molecule has 2 aromatic rings. The van der Waals surface area contributed by atoms with E-state index in [0.29, 0.717) is 12.5 Å². The lowest BCUT2D eigenvalue weighted by Gasteiger charge is -2.53. The predicted octanol–water partition coefficient (Wildman–Crippen LogP) is 2.71. The molecule has 1 aliphatic heterocycles. The number of carbonyl (C=O) groups excluding carboxylic acids is 3. The molecule has 1 N–H and O–H groups in total. The number of benzene rings is 1. The van der Waals surface area contributed by atoms with Crippen LogP contribution in [0.2, 0.25) is 5.02 Å². The molecule has 174 valence electrons. The number of likely N-dealkylation sites (N-methyl/N-ethyl adjacent to an activating group) is 1. The molecule has 0 bridgehead atoms. The molecule has 2 amide bonds. The van der Waals surface area contributed by atoms with Crippen LogP contribution in [0.5, 0.6) is 5.75 Å². The molecule has 33 heavy (non-hydrogen) atoms. The third-order valence-corrected chi connectivity index (χ3v) is 6.47. The summed E-state index contributed by atoms with van der Waals surface area (Å²) in [5, 5.41) is 2.43. The molecule has 4 rings (SSSR count). The summed E-state index contributed by atoms with van der Waals surface area (Å²) in [6.45, 7) is 3.38. The monoisotopic (exact) mass is 475 g/mol. The zero-order valence-corrected chi connectivity index (χ0v) is 19.2. The SMILES string of the molecule is CC(=O)Oc1c2n(cc(C(=O)NCc3cccc(Cl)c3F)c1=O)[C@]1(CN(C)C2=O)C[C@H](C)C1. The van der Waals surface area contributed by atoms with Gasteiger partial charge in [-0.3, -0.25) is 19.2 Å². The van der Waals surface area contributed by atoms with Crippen LogP contribution in [-0.4, -0.2) is 40.8 Å². The van der Waals surface area contributed by atoms with Gasteiger partial charge in [-0.2, -0.15) is 0 Å². The molecule has 1 aromatic carbocycles. The molecule has 0 atom stereocenters. The highest BCUT2D eigenvalue weighted by Gasteiger charge is 2.50. The van der Waals surface area contributed by atoms with Crippen molar-refractivity contribution in [1.82, 2.24) is 14.8 Å². The van der Waals surface area contributed by atoms with Crippen LogP contribution in [0, 0.1) is 11.7 Å². The van der Waals surface area contributed by atoms with E-state index in [1.54, 1.807) is 17.7 Å². The second kappa shape index (κ2) is 8.30. The van der Waals surface area contributed by atoms with Crippen LogP contribution in [0.4, 0.5) is 4.39 Å². The number of carbonyl (C=O) groups is 3. The van der Waals surface area contributed by atoms with E-state index < -0.39 is 40.3 Å². The number of ether oxygens (including phenoxy) is 1. The zero-order valence-electron chi connectivity index (χ0n) is 18.4. The average Bonchev–Trinajstić information content (AvgIpc) is 2.72. The Bertz CT molecular complexity index is 1240. The van der Waals surface area contributed by atoms with E-state index in [2.05, 4.69) is 12.2 Å². The Morgan fingerprint density at radius 1 is 1.30 bits per heavy atom. The van der Waals surface area contributed by atoms with Crippen LogP contribution in [0.3, 0.4) is 0 Å². The van der Waals surface area contributed by atoms with Gasteiger partial charge < -0.3 is 19.5 Å². The Morgan fingerprint density at radius 2 is 2.00 bits per heavy atom. The number of pyridine rings is 1. The van der Waals surface area contributed by atoms with Gasteiger partial charge in [0.1, 0.15) is 11.4 Å². The molecule has 0 unspecified atom stereocenters. The number of esters is 1. The largest absolute Gasteiger partial charge is 0.420 e. The van der Waals surface area contributed by atoms with Crippen molar-refractivity contribution in [1.29, 1.82) is 0 Å². The minimum absolute atomic E-state index is 0.0479. The maximum atomic E-state index is 14.2. The topological polar surface area (TPSA) is 97.7 Å². The summed E-state index contributed by atoms with van der Waals surface area (Å²) in [5.74, 6) is -2.79. The van der Waals surface area contributed by atoms with Crippen LogP contribution in [0.25, 0.3) is 0 Å². The van der Waals surface area contributed by atoms with Crippen molar-refractivity contribution in [3.63, 3.8) is 0 Å². The summed E-state index contributed by atoms with van der Waals surface area (Å²) in [6, 6.07) is 4.39. The fourth-order valence-corrected chi connectivity index (χ4v) is 5.05. The van der Waals surface area contributed by atoms with E-state index in [9.17, 15) is 23.6 Å². The number of rotatable bonds is 4. The molecule has 1 spiro atoms. The fraction of sp³-hybridized carbons (Fsp3) is 0.391. The summed E-state index contributed by atoms with van der Waals surface area (Å²) in [7, 11) is 1.62. The van der Waals surface area contributed by atoms with Crippen LogP contribution in [-0.2, 0) is 16.9 Å². The second-order valence-corrected chi connectivity index (χ2v) is 9.22. The van der Waals surface area contributed by atoms with Gasteiger partial charge in [-0.15, -0.1) is 0 Å². The average molecular weight is 476 g/mol. The van der Waals surface area contributed by atoms with Gasteiger partial charge in [-0.1, -0.05) is 30.7 Å². The Hall–Kier alpha value is -3.20. The minimum atomic E-state index is -0.883. The summed E-state index contributed by atoms with van der Waals surface area (Å²) in [4.78, 5) is 52.3. The predicted molar refractivity (Wildman–Crippen MR) is 118 cm³/mol. The molecular weight excluding hydrogens is 453 g/mol. The van der Waals surface area contributed by atoms with Crippen molar-refractivity contribution in [2.24, 2.45) is 5.92 Å². The lowest BCUT2D eigenvalue weighted by atomic mass is 9.67. The van der Waals surface area contributed by atoms with E-state index in [1.807, 2.05) is 0 Å². The minimum Gasteiger partial charge on any atom is -0.420 e. The van der Waals surface area contributed by atoms with Crippen molar-refractivity contribution in [2.75, 3.05) is 13.6 Å². The first kappa shape index (κ1) is 23.0. The number of halogens is 2. The van der Waals surface area contributed by atoms with Crippen LogP contribution < -0.4 is 15.5 Å². The van der Waals surface area contributed by atoms with Gasteiger partial charge >= 0.3 is 5.97 Å².